The summed E-state index contributed by atoms with van der Waals surface area (Å²) >= 11 is 0. The highest BCUT2D eigenvalue weighted by molar-refractivity contribution is 5.87. The molecule has 4 heterocycles. The molecule has 0 aliphatic carbocycles. The first-order valence-electron chi connectivity index (χ1n) is 8.08. The molecule has 5 nitrogen and oxygen atoms in total. The molecule has 0 bridgehead atoms. The third-order valence-corrected chi connectivity index (χ3v) is 4.32. The SMILES string of the molecule is C[C@H]1CN(Cc2c(-c3ccco3)[nH]c3ncccc23)C[C@H](C)O1. The molecule has 0 amide bonds. The van der Waals surface area contributed by atoms with Gasteiger partial charge in [0.1, 0.15) is 11.4 Å². The van der Waals surface area contributed by atoms with Crippen LogP contribution in [0.15, 0.2) is 41.1 Å². The molecule has 120 valence electrons. The van der Waals surface area contributed by atoms with E-state index in [4.69, 9.17) is 9.15 Å². The van der Waals surface area contributed by atoms with Crippen LogP contribution in [0.1, 0.15) is 19.4 Å². The van der Waals surface area contributed by atoms with Crippen molar-refractivity contribution in [3.63, 3.8) is 0 Å². The number of H-pyrrole nitrogens is 1. The topological polar surface area (TPSA) is 54.3 Å². The van der Waals surface area contributed by atoms with Crippen LogP contribution in [0.3, 0.4) is 0 Å². The van der Waals surface area contributed by atoms with Gasteiger partial charge in [-0.2, -0.15) is 0 Å². The summed E-state index contributed by atoms with van der Waals surface area (Å²) in [5.74, 6) is 0.854. The molecule has 2 atom stereocenters. The van der Waals surface area contributed by atoms with Crippen molar-refractivity contribution in [2.75, 3.05) is 13.1 Å². The molecule has 0 saturated carbocycles. The predicted octanol–water partition coefficient (Wildman–Crippen LogP) is 3.43. The zero-order valence-corrected chi connectivity index (χ0v) is 13.5. The Morgan fingerprint density at radius 1 is 1.22 bits per heavy atom. The second-order valence-electron chi connectivity index (χ2n) is 6.31. The Morgan fingerprint density at radius 3 is 2.78 bits per heavy atom. The van der Waals surface area contributed by atoms with Gasteiger partial charge in [-0.1, -0.05) is 0 Å². The van der Waals surface area contributed by atoms with E-state index >= 15 is 0 Å². The summed E-state index contributed by atoms with van der Waals surface area (Å²) in [5.41, 5.74) is 3.17. The van der Waals surface area contributed by atoms with Crippen molar-refractivity contribution in [3.8, 4) is 11.5 Å². The van der Waals surface area contributed by atoms with Gasteiger partial charge in [0.2, 0.25) is 0 Å². The van der Waals surface area contributed by atoms with Crippen LogP contribution in [0, 0.1) is 0 Å². The second-order valence-corrected chi connectivity index (χ2v) is 6.31. The number of aromatic amines is 1. The number of rotatable bonds is 3. The molecule has 0 spiro atoms. The van der Waals surface area contributed by atoms with E-state index in [1.165, 1.54) is 5.56 Å². The molecule has 1 aliphatic rings. The lowest BCUT2D eigenvalue weighted by atomic mass is 10.1. The van der Waals surface area contributed by atoms with Crippen molar-refractivity contribution in [1.29, 1.82) is 0 Å². The number of hydrogen-bond acceptors (Lipinski definition) is 4. The van der Waals surface area contributed by atoms with Crippen LogP contribution in [0.5, 0.6) is 0 Å². The standard InChI is InChI=1S/C18H21N3O2/c1-12-9-21(10-13(2)23-12)11-15-14-5-3-7-19-18(14)20-17(15)16-6-4-8-22-16/h3-8,12-13H,9-11H2,1-2H3,(H,19,20)/t12-,13-/m0/s1. The minimum atomic E-state index is 0.258. The lowest BCUT2D eigenvalue weighted by molar-refractivity contribution is -0.0703. The normalized spacial score (nSPS) is 22.7. The first-order valence-corrected chi connectivity index (χ1v) is 8.08. The Kier molecular flexibility index (Phi) is 3.67. The maximum Gasteiger partial charge on any atom is 0.150 e. The average Bonchev–Trinajstić information content (AvgIpc) is 3.14. The molecule has 4 rings (SSSR count). The molecule has 1 saturated heterocycles. The molecular weight excluding hydrogens is 290 g/mol. The Morgan fingerprint density at radius 2 is 2.04 bits per heavy atom. The van der Waals surface area contributed by atoms with Gasteiger partial charge in [0.15, 0.2) is 0 Å². The van der Waals surface area contributed by atoms with E-state index in [0.717, 1.165) is 42.1 Å². The molecule has 3 aromatic heterocycles. The molecular formula is C18H21N3O2. The minimum absolute atomic E-state index is 0.258. The van der Waals surface area contributed by atoms with Crippen molar-refractivity contribution in [1.82, 2.24) is 14.9 Å². The monoisotopic (exact) mass is 311 g/mol. The van der Waals surface area contributed by atoms with Gasteiger partial charge in [0.05, 0.1) is 24.2 Å². The number of morpholine rings is 1. The van der Waals surface area contributed by atoms with Crippen molar-refractivity contribution in [3.05, 3.63) is 42.3 Å². The average molecular weight is 311 g/mol. The highest BCUT2D eigenvalue weighted by Gasteiger charge is 2.25. The fourth-order valence-corrected chi connectivity index (χ4v) is 3.51. The third kappa shape index (κ3) is 2.78. The van der Waals surface area contributed by atoms with E-state index in [2.05, 4.69) is 34.8 Å². The van der Waals surface area contributed by atoms with Gasteiger partial charge in [-0.25, -0.2) is 4.98 Å². The van der Waals surface area contributed by atoms with Crippen LogP contribution >= 0.6 is 0 Å². The van der Waals surface area contributed by atoms with Crippen molar-refractivity contribution in [2.24, 2.45) is 0 Å². The van der Waals surface area contributed by atoms with Gasteiger partial charge in [-0.15, -0.1) is 0 Å². The number of nitrogens with one attached hydrogen (secondary N) is 1. The number of nitrogens with zero attached hydrogens (tertiary/aromatic N) is 2. The lowest BCUT2D eigenvalue weighted by Gasteiger charge is -2.35. The zero-order chi connectivity index (χ0) is 15.8. The molecule has 5 heteroatoms. The molecule has 1 N–H and O–H groups in total. The van der Waals surface area contributed by atoms with Crippen LogP contribution < -0.4 is 0 Å². The van der Waals surface area contributed by atoms with Gasteiger partial charge >= 0.3 is 0 Å². The molecule has 1 fully saturated rings. The number of hydrogen-bond donors (Lipinski definition) is 1. The van der Waals surface area contributed by atoms with E-state index in [9.17, 15) is 0 Å². The molecule has 1 aliphatic heterocycles. The summed E-state index contributed by atoms with van der Waals surface area (Å²) < 4.78 is 11.5. The number of ether oxygens (including phenoxy) is 1. The van der Waals surface area contributed by atoms with E-state index in [-0.39, 0.29) is 12.2 Å². The Bertz CT molecular complexity index is 784. The zero-order valence-electron chi connectivity index (χ0n) is 13.5. The number of pyridine rings is 1. The van der Waals surface area contributed by atoms with Crippen molar-refractivity contribution < 1.29 is 9.15 Å². The molecule has 0 unspecified atom stereocenters. The number of furan rings is 1. The molecule has 3 aromatic rings. The highest BCUT2D eigenvalue weighted by atomic mass is 16.5. The lowest BCUT2D eigenvalue weighted by Crippen LogP contribution is -2.44. The fraction of sp³-hybridized carbons (Fsp3) is 0.389. The van der Waals surface area contributed by atoms with Gasteiger partial charge < -0.3 is 14.1 Å². The van der Waals surface area contributed by atoms with E-state index < -0.39 is 0 Å². The summed E-state index contributed by atoms with van der Waals surface area (Å²) in [6.45, 7) is 7.00. The van der Waals surface area contributed by atoms with Gasteiger partial charge in [-0.05, 0) is 38.1 Å². The first kappa shape index (κ1) is 14.5. The molecule has 0 aromatic carbocycles. The Hall–Kier alpha value is -2.11. The summed E-state index contributed by atoms with van der Waals surface area (Å²) in [4.78, 5) is 10.3. The van der Waals surface area contributed by atoms with Gasteiger partial charge in [-0.3, -0.25) is 4.90 Å². The smallest absolute Gasteiger partial charge is 0.150 e. The quantitative estimate of drug-likeness (QED) is 0.805. The number of aromatic nitrogens is 2. The van der Waals surface area contributed by atoms with Gasteiger partial charge in [0.25, 0.3) is 0 Å². The van der Waals surface area contributed by atoms with Gasteiger partial charge in [0, 0.05) is 36.8 Å². The van der Waals surface area contributed by atoms with Crippen molar-refractivity contribution in [2.45, 2.75) is 32.6 Å². The summed E-state index contributed by atoms with van der Waals surface area (Å²) in [7, 11) is 0. The van der Waals surface area contributed by atoms with E-state index in [1.807, 2.05) is 24.4 Å². The Labute approximate surface area is 135 Å². The van der Waals surface area contributed by atoms with Crippen molar-refractivity contribution >= 4 is 11.0 Å². The number of fused-ring (bicyclic) bond motifs is 1. The summed E-state index contributed by atoms with van der Waals surface area (Å²) in [6.07, 6.45) is 4.04. The van der Waals surface area contributed by atoms with E-state index in [1.54, 1.807) is 6.26 Å². The summed E-state index contributed by atoms with van der Waals surface area (Å²) in [5, 5.41) is 1.16. The molecule has 23 heavy (non-hydrogen) atoms. The largest absolute Gasteiger partial charge is 0.463 e. The van der Waals surface area contributed by atoms with Crippen LogP contribution in [0.2, 0.25) is 0 Å². The van der Waals surface area contributed by atoms with Crippen LogP contribution in [0.4, 0.5) is 0 Å². The molecule has 0 radical (unpaired) electrons. The fourth-order valence-electron chi connectivity index (χ4n) is 3.51. The first-order chi connectivity index (χ1) is 11.2. The minimum Gasteiger partial charge on any atom is -0.463 e. The van der Waals surface area contributed by atoms with Crippen LogP contribution in [-0.4, -0.2) is 40.2 Å². The van der Waals surface area contributed by atoms with Crippen LogP contribution in [-0.2, 0) is 11.3 Å². The maximum absolute atomic E-state index is 5.85. The van der Waals surface area contributed by atoms with E-state index in [0.29, 0.717) is 0 Å². The predicted molar refractivity (Wildman–Crippen MR) is 89.1 cm³/mol. The third-order valence-electron chi connectivity index (χ3n) is 4.32. The van der Waals surface area contributed by atoms with Crippen LogP contribution in [0.25, 0.3) is 22.5 Å². The maximum atomic E-state index is 5.85. The summed E-state index contributed by atoms with van der Waals surface area (Å²) in [6, 6.07) is 8.00. The second kappa shape index (κ2) is 5.83. The highest BCUT2D eigenvalue weighted by Crippen LogP contribution is 2.31. The Balaban J connectivity index is 1.74.